The molecule has 1 aromatic heterocycles. The molecule has 4 aromatic rings. The fourth-order valence-corrected chi connectivity index (χ4v) is 6.35. The highest BCUT2D eigenvalue weighted by molar-refractivity contribution is 6.32. The number of β-amino-alcohol motifs (C(OH)–C–C–N with tert-alkyl or cyclic N) is 1. The van der Waals surface area contributed by atoms with Gasteiger partial charge in [-0.15, -0.1) is 0 Å². The minimum absolute atomic E-state index is 0.185. The topological polar surface area (TPSA) is 98.2 Å². The molecule has 1 unspecified atom stereocenters. The molecule has 0 spiro atoms. The van der Waals surface area contributed by atoms with Crippen LogP contribution in [0, 0.1) is 13.8 Å². The second kappa shape index (κ2) is 16.2. The molecule has 48 heavy (non-hydrogen) atoms. The van der Waals surface area contributed by atoms with Crippen LogP contribution in [0.1, 0.15) is 64.4 Å². The van der Waals surface area contributed by atoms with E-state index >= 15 is 0 Å². The van der Waals surface area contributed by atoms with Gasteiger partial charge in [0.25, 0.3) is 0 Å². The molecule has 0 amide bonds. The first-order chi connectivity index (χ1) is 23.2. The van der Waals surface area contributed by atoms with Gasteiger partial charge in [0.05, 0.1) is 22.8 Å². The summed E-state index contributed by atoms with van der Waals surface area (Å²) in [5.74, 6) is 1.65. The molecular weight excluding hydrogens is 628 g/mol. The molecule has 8 nitrogen and oxygen atoms in total. The third-order valence-corrected chi connectivity index (χ3v) is 9.30. The van der Waals surface area contributed by atoms with Crippen LogP contribution in [0.25, 0.3) is 11.1 Å². The van der Waals surface area contributed by atoms with Crippen LogP contribution < -0.4 is 14.2 Å². The monoisotopic (exact) mass is 670 g/mol. The number of benzene rings is 3. The Labute approximate surface area is 287 Å². The smallest absolute Gasteiger partial charge is 0.153 e. The van der Waals surface area contributed by atoms with Crippen molar-refractivity contribution in [3.63, 3.8) is 0 Å². The standard InChI is InChI=1S/C39H43ClN2O6/c1-4-29-18-30(22-41-21-29)24-47-37-20-38(35(40)19-32(37)23-44)48-25-31-8-5-9-33(27(31)2)34-10-6-11-36(28(34)3)46-17-7-14-42-15-12-39(45,26-42)13-16-43/h5-6,8-11,16,18-23,45H,4,7,12-15,17,24-26H2,1-3H3. The molecule has 1 aliphatic heterocycles. The summed E-state index contributed by atoms with van der Waals surface area (Å²) < 4.78 is 18.4. The molecule has 2 heterocycles. The molecule has 0 aliphatic carbocycles. The highest BCUT2D eigenvalue weighted by Gasteiger charge is 2.35. The predicted molar refractivity (Wildman–Crippen MR) is 187 cm³/mol. The second-order valence-corrected chi connectivity index (χ2v) is 12.8. The quantitative estimate of drug-likeness (QED) is 0.0977. The molecule has 1 atom stereocenters. The Hall–Kier alpha value is -4.24. The number of carbonyl (C=O) groups is 2. The number of nitrogens with zero attached hydrogens (tertiary/aromatic N) is 2. The number of aromatic nitrogens is 1. The van der Waals surface area contributed by atoms with Crippen molar-refractivity contribution in [2.24, 2.45) is 0 Å². The van der Waals surface area contributed by atoms with Gasteiger partial charge in [-0.1, -0.05) is 48.9 Å². The first kappa shape index (κ1) is 35.1. The number of aldehydes is 2. The summed E-state index contributed by atoms with van der Waals surface area (Å²) in [6.07, 6.45) is 7.61. The molecule has 0 bridgehead atoms. The van der Waals surface area contributed by atoms with Crippen LogP contribution in [-0.4, -0.2) is 59.4 Å². The number of ether oxygens (including phenoxy) is 3. The average molecular weight is 671 g/mol. The van der Waals surface area contributed by atoms with Crippen LogP contribution >= 0.6 is 11.6 Å². The number of likely N-dealkylation sites (tertiary alicyclic amines) is 1. The van der Waals surface area contributed by atoms with E-state index in [1.165, 1.54) is 0 Å². The summed E-state index contributed by atoms with van der Waals surface area (Å²) in [6, 6.07) is 17.5. The summed E-state index contributed by atoms with van der Waals surface area (Å²) >= 11 is 6.53. The van der Waals surface area contributed by atoms with E-state index in [1.54, 1.807) is 18.3 Å². The lowest BCUT2D eigenvalue weighted by atomic mass is 9.93. The van der Waals surface area contributed by atoms with Gasteiger partial charge in [-0.2, -0.15) is 0 Å². The lowest BCUT2D eigenvalue weighted by Gasteiger charge is -2.21. The van der Waals surface area contributed by atoms with Crippen molar-refractivity contribution in [3.05, 3.63) is 105 Å². The maximum atomic E-state index is 11.8. The molecule has 1 fully saturated rings. The third kappa shape index (κ3) is 8.61. The summed E-state index contributed by atoms with van der Waals surface area (Å²) in [5, 5.41) is 10.8. The van der Waals surface area contributed by atoms with Crippen molar-refractivity contribution in [1.82, 2.24) is 9.88 Å². The molecule has 9 heteroatoms. The first-order valence-electron chi connectivity index (χ1n) is 16.4. The fraction of sp³-hybridized carbons (Fsp3) is 0.359. The Morgan fingerprint density at radius 2 is 1.67 bits per heavy atom. The van der Waals surface area contributed by atoms with Crippen molar-refractivity contribution in [2.45, 2.75) is 65.3 Å². The minimum atomic E-state index is -0.894. The Morgan fingerprint density at radius 1 is 0.917 bits per heavy atom. The van der Waals surface area contributed by atoms with Crippen molar-refractivity contribution in [3.8, 4) is 28.4 Å². The van der Waals surface area contributed by atoms with Crippen LogP contribution in [0.5, 0.6) is 17.2 Å². The van der Waals surface area contributed by atoms with E-state index in [2.05, 4.69) is 42.8 Å². The average Bonchev–Trinajstić information content (AvgIpc) is 3.46. The lowest BCUT2D eigenvalue weighted by molar-refractivity contribution is -0.111. The maximum absolute atomic E-state index is 11.8. The number of aryl methyl sites for hydroxylation is 1. The SMILES string of the molecule is CCc1cncc(COc2cc(OCc3cccc(-c4cccc(OCCCN5CCC(O)(CC=O)C5)c4C)c3C)c(Cl)cc2C=O)c1. The summed E-state index contributed by atoms with van der Waals surface area (Å²) in [5.41, 5.74) is 6.77. The van der Waals surface area contributed by atoms with Gasteiger partial charge in [0.15, 0.2) is 6.29 Å². The van der Waals surface area contributed by atoms with Gasteiger partial charge in [0.1, 0.15) is 36.7 Å². The third-order valence-electron chi connectivity index (χ3n) is 9.00. The Kier molecular flexibility index (Phi) is 11.9. The predicted octanol–water partition coefficient (Wildman–Crippen LogP) is 7.35. The van der Waals surface area contributed by atoms with Crippen molar-refractivity contribution >= 4 is 24.2 Å². The van der Waals surface area contributed by atoms with E-state index in [-0.39, 0.29) is 19.6 Å². The molecule has 1 saturated heterocycles. The molecule has 1 N–H and O–H groups in total. The number of halogens is 1. The van der Waals surface area contributed by atoms with E-state index in [0.717, 1.165) is 83.2 Å². The molecule has 1 aliphatic rings. The van der Waals surface area contributed by atoms with Gasteiger partial charge in [-0.25, -0.2) is 0 Å². The van der Waals surface area contributed by atoms with Gasteiger partial charge < -0.3 is 29.0 Å². The number of hydrogen-bond donors (Lipinski definition) is 1. The number of carbonyl (C=O) groups excluding carboxylic acids is 2. The van der Waals surface area contributed by atoms with Crippen LogP contribution in [0.15, 0.2) is 67.0 Å². The van der Waals surface area contributed by atoms with E-state index in [9.17, 15) is 14.7 Å². The number of hydrogen-bond acceptors (Lipinski definition) is 8. The maximum Gasteiger partial charge on any atom is 0.153 e. The largest absolute Gasteiger partial charge is 0.493 e. The molecular formula is C39H43ClN2O6. The molecule has 252 valence electrons. The van der Waals surface area contributed by atoms with Gasteiger partial charge in [0, 0.05) is 50.1 Å². The zero-order valence-electron chi connectivity index (χ0n) is 27.8. The Balaban J connectivity index is 1.23. The van der Waals surface area contributed by atoms with Gasteiger partial charge in [0.2, 0.25) is 0 Å². The van der Waals surface area contributed by atoms with Gasteiger partial charge in [-0.3, -0.25) is 9.78 Å². The van der Waals surface area contributed by atoms with Crippen LogP contribution in [0.4, 0.5) is 0 Å². The highest BCUT2D eigenvalue weighted by Crippen LogP contribution is 2.36. The molecule has 0 saturated carbocycles. The van der Waals surface area contributed by atoms with E-state index in [4.69, 9.17) is 25.8 Å². The molecule has 5 rings (SSSR count). The number of aliphatic hydroxyl groups is 1. The van der Waals surface area contributed by atoms with Crippen molar-refractivity contribution in [1.29, 1.82) is 0 Å². The highest BCUT2D eigenvalue weighted by atomic mass is 35.5. The summed E-state index contributed by atoms with van der Waals surface area (Å²) in [7, 11) is 0. The first-order valence-corrected chi connectivity index (χ1v) is 16.8. The Bertz CT molecular complexity index is 1740. The van der Waals surface area contributed by atoms with E-state index in [1.807, 2.05) is 36.5 Å². The minimum Gasteiger partial charge on any atom is -0.493 e. The van der Waals surface area contributed by atoms with E-state index < -0.39 is 5.60 Å². The lowest BCUT2D eigenvalue weighted by Crippen LogP contribution is -2.34. The number of rotatable bonds is 16. The Morgan fingerprint density at radius 3 is 2.44 bits per heavy atom. The summed E-state index contributed by atoms with van der Waals surface area (Å²) in [4.78, 5) is 29.1. The molecule has 0 radical (unpaired) electrons. The zero-order valence-corrected chi connectivity index (χ0v) is 28.6. The van der Waals surface area contributed by atoms with Crippen LogP contribution in [0.3, 0.4) is 0 Å². The normalized spacial score (nSPS) is 16.1. The second-order valence-electron chi connectivity index (χ2n) is 12.4. The van der Waals surface area contributed by atoms with Crippen molar-refractivity contribution < 1.29 is 28.9 Å². The van der Waals surface area contributed by atoms with E-state index in [0.29, 0.717) is 41.7 Å². The fourth-order valence-electron chi connectivity index (χ4n) is 6.13. The number of pyridine rings is 1. The van der Waals surface area contributed by atoms with Crippen molar-refractivity contribution in [2.75, 3.05) is 26.2 Å². The van der Waals surface area contributed by atoms with Gasteiger partial charge in [-0.05, 0) is 84.7 Å². The van der Waals surface area contributed by atoms with Crippen LogP contribution in [0.2, 0.25) is 5.02 Å². The molecule has 3 aromatic carbocycles. The zero-order chi connectivity index (χ0) is 34.1. The van der Waals surface area contributed by atoms with Crippen LogP contribution in [-0.2, 0) is 24.4 Å². The summed E-state index contributed by atoms with van der Waals surface area (Å²) in [6.45, 7) is 9.42. The van der Waals surface area contributed by atoms with Gasteiger partial charge >= 0.3 is 0 Å².